The first-order valence-corrected chi connectivity index (χ1v) is 10.8. The summed E-state index contributed by atoms with van der Waals surface area (Å²) in [5, 5.41) is 10.5. The van der Waals surface area contributed by atoms with E-state index >= 15 is 0 Å². The molecule has 31 heavy (non-hydrogen) atoms. The second-order valence-corrected chi connectivity index (χ2v) is 8.14. The van der Waals surface area contributed by atoms with Crippen molar-refractivity contribution >= 4 is 17.3 Å². The number of benzene rings is 1. The van der Waals surface area contributed by atoms with Crippen LogP contribution in [-0.4, -0.2) is 29.7 Å². The minimum absolute atomic E-state index is 0.0477. The molecule has 154 valence electrons. The summed E-state index contributed by atoms with van der Waals surface area (Å²) in [6, 6.07) is 14.4. The zero-order valence-electron chi connectivity index (χ0n) is 17.1. The fourth-order valence-corrected chi connectivity index (χ4v) is 4.17. The molecule has 0 radical (unpaired) electrons. The third kappa shape index (κ3) is 4.10. The molecule has 0 aliphatic carbocycles. The van der Waals surface area contributed by atoms with E-state index in [0.717, 1.165) is 38.8 Å². The first kappa shape index (κ1) is 19.2. The van der Waals surface area contributed by atoms with Gasteiger partial charge in [0.1, 0.15) is 10.7 Å². The zero-order valence-corrected chi connectivity index (χ0v) is 18.0. The van der Waals surface area contributed by atoms with Crippen molar-refractivity contribution in [1.29, 1.82) is 0 Å². The quantitative estimate of drug-likeness (QED) is 0.391. The van der Waals surface area contributed by atoms with E-state index in [0.29, 0.717) is 5.95 Å². The van der Waals surface area contributed by atoms with Gasteiger partial charge in [0.25, 0.3) is 0 Å². The number of hydrogen-bond donors (Lipinski definition) is 2. The van der Waals surface area contributed by atoms with Crippen LogP contribution in [0.4, 0.5) is 5.95 Å². The summed E-state index contributed by atoms with van der Waals surface area (Å²) in [5.74, 6) is 0.569. The molecule has 2 N–H and O–H groups in total. The van der Waals surface area contributed by atoms with Gasteiger partial charge in [-0.25, -0.2) is 15.0 Å². The van der Waals surface area contributed by atoms with Gasteiger partial charge in [-0.1, -0.05) is 18.2 Å². The van der Waals surface area contributed by atoms with Crippen molar-refractivity contribution in [2.75, 3.05) is 5.32 Å². The van der Waals surface area contributed by atoms with Gasteiger partial charge in [-0.3, -0.25) is 4.68 Å². The molecule has 7 nitrogen and oxygen atoms in total. The lowest BCUT2D eigenvalue weighted by Crippen LogP contribution is -2.09. The molecule has 1 atom stereocenters. The lowest BCUT2D eigenvalue weighted by molar-refractivity contribution is 0.765. The molecule has 0 unspecified atom stereocenters. The van der Waals surface area contributed by atoms with Crippen molar-refractivity contribution in [2.24, 2.45) is 7.05 Å². The molecule has 5 aromatic rings. The highest BCUT2D eigenvalue weighted by molar-refractivity contribution is 7.13. The van der Waals surface area contributed by atoms with Crippen molar-refractivity contribution < 1.29 is 0 Å². The third-order valence-electron chi connectivity index (χ3n) is 5.02. The molecule has 4 aromatic heterocycles. The van der Waals surface area contributed by atoms with Gasteiger partial charge in [0, 0.05) is 47.8 Å². The number of aromatic amines is 1. The minimum atomic E-state index is 0.0477. The molecule has 0 aliphatic heterocycles. The number of thiazole rings is 1. The third-order valence-corrected chi connectivity index (χ3v) is 5.88. The second-order valence-electron chi connectivity index (χ2n) is 7.28. The van der Waals surface area contributed by atoms with Crippen LogP contribution in [0.2, 0.25) is 0 Å². The summed E-state index contributed by atoms with van der Waals surface area (Å²) >= 11 is 1.58. The van der Waals surface area contributed by atoms with Gasteiger partial charge < -0.3 is 10.3 Å². The lowest BCUT2D eigenvalue weighted by Gasteiger charge is -2.12. The summed E-state index contributed by atoms with van der Waals surface area (Å²) in [5.41, 5.74) is 6.11. The molecule has 0 saturated heterocycles. The maximum Gasteiger partial charge on any atom is 0.223 e. The van der Waals surface area contributed by atoms with E-state index in [1.807, 2.05) is 37.8 Å². The zero-order chi connectivity index (χ0) is 21.2. The fourth-order valence-electron chi connectivity index (χ4n) is 3.37. The van der Waals surface area contributed by atoms with Crippen molar-refractivity contribution in [1.82, 2.24) is 29.7 Å². The number of anilines is 1. The van der Waals surface area contributed by atoms with Gasteiger partial charge in [0.2, 0.25) is 5.95 Å². The average Bonchev–Trinajstić information content (AvgIpc) is 3.55. The highest BCUT2D eigenvalue weighted by Crippen LogP contribution is 2.30. The number of aromatic nitrogens is 6. The van der Waals surface area contributed by atoms with Crippen LogP contribution < -0.4 is 5.32 Å². The highest BCUT2D eigenvalue weighted by Gasteiger charge is 2.12. The van der Waals surface area contributed by atoms with E-state index in [-0.39, 0.29) is 6.04 Å². The van der Waals surface area contributed by atoms with Crippen LogP contribution in [-0.2, 0) is 7.05 Å². The largest absolute Gasteiger partial charge is 0.361 e. The molecular formula is C23H21N7S. The number of hydrogen-bond acceptors (Lipinski definition) is 6. The Hall–Kier alpha value is -3.78. The molecular weight excluding hydrogens is 406 g/mol. The Kier molecular flexibility index (Phi) is 5.05. The molecule has 8 heteroatoms. The first-order chi connectivity index (χ1) is 15.2. The summed E-state index contributed by atoms with van der Waals surface area (Å²) < 4.78 is 1.78. The van der Waals surface area contributed by atoms with Gasteiger partial charge in [-0.15, -0.1) is 11.3 Å². The van der Waals surface area contributed by atoms with Gasteiger partial charge in [-0.2, -0.15) is 5.10 Å². The van der Waals surface area contributed by atoms with Crippen LogP contribution in [0, 0.1) is 0 Å². The first-order valence-electron chi connectivity index (χ1n) is 9.94. The Morgan fingerprint density at radius 2 is 1.97 bits per heavy atom. The van der Waals surface area contributed by atoms with E-state index in [4.69, 9.17) is 4.98 Å². The van der Waals surface area contributed by atoms with Crippen LogP contribution in [0.3, 0.4) is 0 Å². The summed E-state index contributed by atoms with van der Waals surface area (Å²) in [4.78, 5) is 17.1. The van der Waals surface area contributed by atoms with Gasteiger partial charge >= 0.3 is 0 Å². The maximum absolute atomic E-state index is 4.83. The lowest BCUT2D eigenvalue weighted by atomic mass is 10.1. The number of nitrogens with one attached hydrogen (secondary N) is 2. The normalized spacial score (nSPS) is 12.1. The van der Waals surface area contributed by atoms with Crippen molar-refractivity contribution in [3.05, 3.63) is 78.2 Å². The number of aryl methyl sites for hydroxylation is 1. The van der Waals surface area contributed by atoms with E-state index in [1.165, 1.54) is 0 Å². The maximum atomic E-state index is 4.83. The van der Waals surface area contributed by atoms with E-state index in [9.17, 15) is 0 Å². The van der Waals surface area contributed by atoms with Crippen molar-refractivity contribution in [3.63, 3.8) is 0 Å². The van der Waals surface area contributed by atoms with Gasteiger partial charge in [0.05, 0.1) is 17.9 Å². The number of nitrogens with zero attached hydrogens (tertiary/aromatic N) is 5. The molecule has 0 amide bonds. The van der Waals surface area contributed by atoms with Crippen LogP contribution >= 0.6 is 11.3 Å². The topological polar surface area (TPSA) is 84.3 Å². The van der Waals surface area contributed by atoms with Crippen LogP contribution in [0.1, 0.15) is 18.5 Å². The smallest absolute Gasteiger partial charge is 0.223 e. The molecule has 1 aromatic carbocycles. The summed E-state index contributed by atoms with van der Waals surface area (Å²) in [7, 11) is 1.90. The monoisotopic (exact) mass is 427 g/mol. The SMILES string of the molecule is C[C@H](Nc1nccc(-c2nc(-c3cccc(-c4ccc[nH]4)c3)cs2)n1)c1cnn(C)c1. The van der Waals surface area contributed by atoms with E-state index in [1.54, 1.807) is 22.2 Å². The molecule has 5 rings (SSSR count). The van der Waals surface area contributed by atoms with Crippen LogP contribution in [0.25, 0.3) is 33.2 Å². The van der Waals surface area contributed by atoms with Crippen molar-refractivity contribution in [3.8, 4) is 33.2 Å². The average molecular weight is 428 g/mol. The predicted molar refractivity (Wildman–Crippen MR) is 124 cm³/mol. The summed E-state index contributed by atoms with van der Waals surface area (Å²) in [6.07, 6.45) is 7.51. The highest BCUT2D eigenvalue weighted by atomic mass is 32.1. The van der Waals surface area contributed by atoms with E-state index in [2.05, 4.69) is 68.0 Å². The predicted octanol–water partition coefficient (Wildman–Crippen LogP) is 5.17. The molecule has 0 fully saturated rings. The minimum Gasteiger partial charge on any atom is -0.361 e. The van der Waals surface area contributed by atoms with Gasteiger partial charge in [0.15, 0.2) is 0 Å². The Labute approximate surface area is 183 Å². The van der Waals surface area contributed by atoms with Crippen LogP contribution in [0.15, 0.2) is 72.6 Å². The van der Waals surface area contributed by atoms with Crippen LogP contribution in [0.5, 0.6) is 0 Å². The number of H-pyrrole nitrogens is 1. The molecule has 0 saturated carbocycles. The van der Waals surface area contributed by atoms with E-state index < -0.39 is 0 Å². The fraction of sp³-hybridized carbons (Fsp3) is 0.130. The molecule has 0 bridgehead atoms. The van der Waals surface area contributed by atoms with Crippen molar-refractivity contribution in [2.45, 2.75) is 13.0 Å². The Bertz CT molecular complexity index is 1300. The second kappa shape index (κ2) is 8.16. The Morgan fingerprint density at radius 3 is 2.77 bits per heavy atom. The Morgan fingerprint density at radius 1 is 1.06 bits per heavy atom. The molecule has 4 heterocycles. The standard InChI is InChI=1S/C23H21N7S/c1-15(18-12-26-30(2)13-18)27-23-25-10-8-20(29-23)22-28-21(14-31-22)17-6-3-5-16(11-17)19-7-4-9-24-19/h3-15,24H,1-2H3,(H,25,27,29)/t15-/m0/s1. The number of rotatable bonds is 6. The van der Waals surface area contributed by atoms with Gasteiger partial charge in [-0.05, 0) is 36.8 Å². The summed E-state index contributed by atoms with van der Waals surface area (Å²) in [6.45, 7) is 2.06. The molecule has 0 aliphatic rings. The Balaban J connectivity index is 1.38. The molecule has 0 spiro atoms.